The van der Waals surface area contributed by atoms with Crippen molar-refractivity contribution in [3.8, 4) is 0 Å². The minimum Gasteiger partial charge on any atom is -0.0845 e. The fourth-order valence-corrected chi connectivity index (χ4v) is 3.56. The lowest BCUT2D eigenvalue weighted by molar-refractivity contribution is 0.531. The van der Waals surface area contributed by atoms with Crippen molar-refractivity contribution in [3.05, 3.63) is 60.8 Å². The second-order valence-corrected chi connectivity index (χ2v) is 7.89. The average Bonchev–Trinajstić information content (AvgIpc) is 2.68. The smallest absolute Gasteiger partial charge is 0.0348 e. The lowest BCUT2D eigenvalue weighted by Crippen LogP contribution is -1.83. The molecule has 0 atom stereocenters. The van der Waals surface area contributed by atoms with Crippen LogP contribution in [0.15, 0.2) is 60.8 Å². The normalized spacial score (nSPS) is 25.8. The van der Waals surface area contributed by atoms with Gasteiger partial charge in [0.05, 0.1) is 0 Å². The standard InChI is InChI=1S/C27H44/c1-2-4-6-8-10-12-14-16-18-20-22-24-26-27-25-23-21-19-17-15-13-11-9-7-5-3-1/h1-10H,11-27H2/b2-1-,5-3-,6-4-,9-7-,10-8?. The van der Waals surface area contributed by atoms with Gasteiger partial charge in [0.15, 0.2) is 0 Å². The highest BCUT2D eigenvalue weighted by Gasteiger charge is 1.94. The molecule has 0 unspecified atom stereocenters. The molecule has 27 heavy (non-hydrogen) atoms. The number of allylic oxidation sites excluding steroid dienone is 10. The first-order valence-electron chi connectivity index (χ1n) is 11.8. The van der Waals surface area contributed by atoms with Gasteiger partial charge in [0, 0.05) is 0 Å². The van der Waals surface area contributed by atoms with Crippen molar-refractivity contribution in [2.45, 2.75) is 109 Å². The van der Waals surface area contributed by atoms with Gasteiger partial charge in [0.2, 0.25) is 0 Å². The summed E-state index contributed by atoms with van der Waals surface area (Å²) in [5.74, 6) is 0. The molecule has 0 nitrogen and oxygen atoms in total. The van der Waals surface area contributed by atoms with Gasteiger partial charge in [-0.25, -0.2) is 0 Å². The zero-order valence-electron chi connectivity index (χ0n) is 17.8. The molecule has 1 aliphatic carbocycles. The number of hydrogen-bond donors (Lipinski definition) is 0. The van der Waals surface area contributed by atoms with Crippen molar-refractivity contribution >= 4 is 0 Å². The van der Waals surface area contributed by atoms with Crippen molar-refractivity contribution in [2.24, 2.45) is 0 Å². The Labute approximate surface area is 170 Å². The van der Waals surface area contributed by atoms with Crippen LogP contribution in [0.5, 0.6) is 0 Å². The third-order valence-corrected chi connectivity index (χ3v) is 5.29. The maximum Gasteiger partial charge on any atom is -0.0348 e. The first-order chi connectivity index (χ1) is 13.5. The van der Waals surface area contributed by atoms with E-state index in [1.165, 1.54) is 109 Å². The molecule has 0 saturated heterocycles. The Morgan fingerprint density at radius 1 is 0.222 bits per heavy atom. The first-order valence-corrected chi connectivity index (χ1v) is 11.8. The summed E-state index contributed by atoms with van der Waals surface area (Å²) >= 11 is 0. The molecule has 0 heteroatoms. The van der Waals surface area contributed by atoms with E-state index in [0.717, 1.165) is 0 Å². The highest BCUT2D eigenvalue weighted by molar-refractivity contribution is 5.17. The van der Waals surface area contributed by atoms with Crippen LogP contribution in [-0.2, 0) is 0 Å². The Balaban J connectivity index is 2.22. The summed E-state index contributed by atoms with van der Waals surface area (Å²) in [4.78, 5) is 0. The van der Waals surface area contributed by atoms with Crippen molar-refractivity contribution in [3.63, 3.8) is 0 Å². The van der Waals surface area contributed by atoms with Gasteiger partial charge in [-0.2, -0.15) is 0 Å². The second-order valence-electron chi connectivity index (χ2n) is 7.89. The third-order valence-electron chi connectivity index (χ3n) is 5.29. The summed E-state index contributed by atoms with van der Waals surface area (Å²) in [5.41, 5.74) is 0. The monoisotopic (exact) mass is 368 g/mol. The van der Waals surface area contributed by atoms with E-state index >= 15 is 0 Å². The summed E-state index contributed by atoms with van der Waals surface area (Å²) in [5, 5.41) is 0. The molecular formula is C27H44. The van der Waals surface area contributed by atoms with Crippen LogP contribution < -0.4 is 0 Å². The van der Waals surface area contributed by atoms with Crippen molar-refractivity contribution < 1.29 is 0 Å². The lowest BCUT2D eigenvalue weighted by Gasteiger charge is -2.03. The fraction of sp³-hybridized carbons (Fsp3) is 0.630. The van der Waals surface area contributed by atoms with Gasteiger partial charge in [-0.15, -0.1) is 0 Å². The molecule has 152 valence electrons. The van der Waals surface area contributed by atoms with E-state index in [1.54, 1.807) is 0 Å². The van der Waals surface area contributed by atoms with Crippen LogP contribution in [0.3, 0.4) is 0 Å². The molecule has 1 aliphatic rings. The molecule has 0 amide bonds. The lowest BCUT2D eigenvalue weighted by atomic mass is 10.0. The molecule has 0 heterocycles. The van der Waals surface area contributed by atoms with Crippen molar-refractivity contribution in [2.75, 3.05) is 0 Å². The van der Waals surface area contributed by atoms with Crippen LogP contribution in [-0.4, -0.2) is 0 Å². The maximum atomic E-state index is 2.30. The van der Waals surface area contributed by atoms with Gasteiger partial charge >= 0.3 is 0 Å². The quantitative estimate of drug-likeness (QED) is 0.399. The Morgan fingerprint density at radius 3 is 0.741 bits per heavy atom. The van der Waals surface area contributed by atoms with Gasteiger partial charge < -0.3 is 0 Å². The van der Waals surface area contributed by atoms with Gasteiger partial charge in [-0.05, 0) is 25.7 Å². The molecule has 0 spiro atoms. The van der Waals surface area contributed by atoms with E-state index in [1.807, 2.05) is 0 Å². The van der Waals surface area contributed by atoms with Gasteiger partial charge in [0.1, 0.15) is 0 Å². The molecule has 0 bridgehead atoms. The van der Waals surface area contributed by atoms with Crippen molar-refractivity contribution in [1.29, 1.82) is 0 Å². The minimum atomic E-state index is 1.22. The zero-order chi connectivity index (χ0) is 19.1. The van der Waals surface area contributed by atoms with E-state index in [0.29, 0.717) is 0 Å². The summed E-state index contributed by atoms with van der Waals surface area (Å²) in [6.07, 6.45) is 45.5. The van der Waals surface area contributed by atoms with E-state index < -0.39 is 0 Å². The highest BCUT2D eigenvalue weighted by Crippen LogP contribution is 2.14. The van der Waals surface area contributed by atoms with Crippen molar-refractivity contribution in [1.82, 2.24) is 0 Å². The summed E-state index contributed by atoms with van der Waals surface area (Å²) in [6.45, 7) is 0. The SMILES string of the molecule is C1=CCCCCCCCCCCCCCCCCC\C=C/C=C\C=C/C=C\1. The van der Waals surface area contributed by atoms with E-state index in [9.17, 15) is 0 Å². The molecule has 1 rings (SSSR count). The Bertz CT molecular complexity index is 393. The zero-order valence-corrected chi connectivity index (χ0v) is 17.8. The van der Waals surface area contributed by atoms with Gasteiger partial charge in [-0.1, -0.05) is 144 Å². The van der Waals surface area contributed by atoms with Crippen LogP contribution in [0, 0.1) is 0 Å². The maximum absolute atomic E-state index is 2.30. The van der Waals surface area contributed by atoms with Crippen LogP contribution in [0.2, 0.25) is 0 Å². The molecule has 0 saturated carbocycles. The highest BCUT2D eigenvalue weighted by atomic mass is 14.0. The third kappa shape index (κ3) is 19.3. The predicted molar refractivity (Wildman–Crippen MR) is 124 cm³/mol. The predicted octanol–water partition coefficient (Wildman–Crippen LogP) is 9.41. The molecule has 0 aromatic rings. The van der Waals surface area contributed by atoms with Crippen LogP contribution >= 0.6 is 0 Å². The van der Waals surface area contributed by atoms with Crippen LogP contribution in [0.1, 0.15) is 109 Å². The first kappa shape index (κ1) is 23.7. The topological polar surface area (TPSA) is 0 Å². The second kappa shape index (κ2) is 21.0. The Kier molecular flexibility index (Phi) is 18.5. The molecule has 0 aliphatic heterocycles. The molecule has 0 aromatic heterocycles. The van der Waals surface area contributed by atoms with Crippen LogP contribution in [0.4, 0.5) is 0 Å². The largest absolute Gasteiger partial charge is 0.0845 e. The molecular weight excluding hydrogens is 324 g/mol. The van der Waals surface area contributed by atoms with E-state index in [2.05, 4.69) is 60.8 Å². The fourth-order valence-electron chi connectivity index (χ4n) is 3.56. The molecule has 0 radical (unpaired) electrons. The molecule has 0 N–H and O–H groups in total. The molecule has 0 fully saturated rings. The summed E-state index contributed by atoms with van der Waals surface area (Å²) in [7, 11) is 0. The van der Waals surface area contributed by atoms with Crippen LogP contribution in [0.25, 0.3) is 0 Å². The Morgan fingerprint density at radius 2 is 0.444 bits per heavy atom. The average molecular weight is 369 g/mol. The van der Waals surface area contributed by atoms with E-state index in [-0.39, 0.29) is 0 Å². The number of hydrogen-bond acceptors (Lipinski definition) is 0. The Hall–Kier alpha value is -1.30. The van der Waals surface area contributed by atoms with Gasteiger partial charge in [-0.3, -0.25) is 0 Å². The molecule has 0 aromatic carbocycles. The summed E-state index contributed by atoms with van der Waals surface area (Å²) < 4.78 is 0. The van der Waals surface area contributed by atoms with Gasteiger partial charge in [0.25, 0.3) is 0 Å². The summed E-state index contributed by atoms with van der Waals surface area (Å²) in [6, 6.07) is 0. The van der Waals surface area contributed by atoms with E-state index in [4.69, 9.17) is 0 Å². The number of rotatable bonds is 0. The minimum absolute atomic E-state index is 1.22.